The summed E-state index contributed by atoms with van der Waals surface area (Å²) in [7, 11) is 6.02. The summed E-state index contributed by atoms with van der Waals surface area (Å²) >= 11 is 6.31. The molecule has 0 aliphatic rings. The quantitative estimate of drug-likeness (QED) is 0.0304. The van der Waals surface area contributed by atoms with E-state index in [1.54, 1.807) is 50.2 Å². The zero-order valence-electron chi connectivity index (χ0n) is 34.2. The van der Waals surface area contributed by atoms with Crippen molar-refractivity contribution in [3.05, 3.63) is 96.1 Å². The Balaban J connectivity index is 1.02. The highest BCUT2D eigenvalue weighted by molar-refractivity contribution is 8.04. The number of methoxy groups -OCH3 is 4. The Morgan fingerprint density at radius 2 is 1.00 bits per heavy atom. The van der Waals surface area contributed by atoms with Crippen molar-refractivity contribution in [2.45, 2.75) is 33.0 Å². The maximum Gasteiger partial charge on any atom is 0.253 e. The number of thioether (sulfide) groups is 2. The third kappa shape index (κ3) is 11.0. The van der Waals surface area contributed by atoms with Gasteiger partial charge in [-0.2, -0.15) is 10.2 Å². The van der Waals surface area contributed by atoms with E-state index in [-0.39, 0.29) is 11.7 Å². The van der Waals surface area contributed by atoms with Gasteiger partial charge in [0.2, 0.25) is 21.9 Å². The van der Waals surface area contributed by atoms with Crippen LogP contribution in [0.25, 0.3) is 20.4 Å². The van der Waals surface area contributed by atoms with Gasteiger partial charge in [-0.3, -0.25) is 9.59 Å². The number of nitrogens with one attached hydrogen (secondary N) is 2. The van der Waals surface area contributed by atoms with Crippen LogP contribution in [0.1, 0.15) is 25.0 Å². The summed E-state index contributed by atoms with van der Waals surface area (Å²) in [4.78, 5) is 35.8. The van der Waals surface area contributed by atoms with E-state index in [0.29, 0.717) is 53.1 Å². The fourth-order valence-electron chi connectivity index (χ4n) is 5.49. The Bertz CT molecular complexity index is 2620. The van der Waals surface area contributed by atoms with E-state index >= 15 is 0 Å². The average molecular weight is 941 g/mol. The lowest BCUT2D eigenvalue weighted by Gasteiger charge is -2.12. The fourth-order valence-corrected chi connectivity index (χ4v) is 10.4. The summed E-state index contributed by atoms with van der Waals surface area (Å²) in [6.45, 7) is 3.41. The third-order valence-electron chi connectivity index (χ3n) is 8.54. The van der Waals surface area contributed by atoms with Crippen LogP contribution in [0.3, 0.4) is 0 Å². The second kappa shape index (κ2) is 21.1. The number of azo groups is 2. The highest BCUT2D eigenvalue weighted by Crippen LogP contribution is 2.36. The molecule has 0 radical (unpaired) electrons. The van der Waals surface area contributed by atoms with E-state index in [1.807, 2.05) is 48.5 Å². The molecule has 0 saturated carbocycles. The predicted molar refractivity (Wildman–Crippen MR) is 247 cm³/mol. The molecule has 2 unspecified atom stereocenters. The minimum Gasteiger partial charge on any atom is -0.493 e. The topological polar surface area (TPSA) is 221 Å². The predicted octanol–water partition coefficient (Wildman–Crippen LogP) is 9.28. The van der Waals surface area contributed by atoms with Crippen LogP contribution in [0.15, 0.2) is 124 Å². The normalized spacial score (nSPS) is 13.1. The zero-order valence-corrected chi connectivity index (χ0v) is 38.3. The summed E-state index contributed by atoms with van der Waals surface area (Å²) in [5, 5.41) is 34.1. The van der Waals surface area contributed by atoms with Crippen molar-refractivity contribution in [2.24, 2.45) is 30.7 Å². The Labute approximate surface area is 380 Å². The summed E-state index contributed by atoms with van der Waals surface area (Å²) in [6, 6.07) is 25.7. The second-order valence-corrected chi connectivity index (χ2v) is 18.8. The van der Waals surface area contributed by atoms with Crippen LogP contribution >= 0.6 is 57.5 Å². The summed E-state index contributed by atoms with van der Waals surface area (Å²) in [6.07, 6.45) is 0. The zero-order chi connectivity index (χ0) is 44.3. The number of nitrogens with zero attached hydrogens (tertiary/aromatic N) is 10. The molecule has 3 heterocycles. The monoisotopic (exact) mass is 940 g/mol. The molecule has 4 aromatic carbocycles. The molecule has 0 aliphatic carbocycles. The first-order valence-corrected chi connectivity index (χ1v) is 22.8. The Hall–Kier alpha value is -6.40. The Morgan fingerprint density at radius 1 is 0.571 bits per heavy atom. The van der Waals surface area contributed by atoms with Crippen LogP contribution < -0.4 is 29.8 Å². The van der Waals surface area contributed by atoms with E-state index in [0.717, 1.165) is 20.4 Å². The number of amidine groups is 2. The molecule has 7 rings (SSSR count). The lowest BCUT2D eigenvalue weighted by molar-refractivity contribution is -0.121. The molecule has 322 valence electrons. The van der Waals surface area contributed by atoms with Gasteiger partial charge in [-0.1, -0.05) is 93.9 Å². The number of aromatic nitrogens is 4. The number of benzene rings is 4. The van der Waals surface area contributed by atoms with Gasteiger partial charge in [-0.05, 0) is 62.4 Å². The van der Waals surface area contributed by atoms with Crippen molar-refractivity contribution in [1.29, 1.82) is 0 Å². The van der Waals surface area contributed by atoms with Crippen LogP contribution in [0, 0.1) is 0 Å². The van der Waals surface area contributed by atoms with E-state index in [2.05, 4.69) is 61.7 Å². The molecule has 63 heavy (non-hydrogen) atoms. The molecule has 2 amide bonds. The first-order valence-electron chi connectivity index (χ1n) is 18.6. The maximum absolute atomic E-state index is 13.4. The SMILES string of the molecule is COc1cccc(C(N=Nc2nc3ccccc3s2)=NNC(=O)C(C)Sc2nnc(SC(C)C(=O)NN=C(N=Nc3nc4ccccc4s3)c3cccc(OC)c3OC)s2)c1OC. The molecule has 0 spiro atoms. The number of carbonyl (C=O) groups is 2. The van der Waals surface area contributed by atoms with Crippen LogP contribution in [0.2, 0.25) is 0 Å². The van der Waals surface area contributed by atoms with E-state index in [1.165, 1.54) is 86.0 Å². The first-order chi connectivity index (χ1) is 30.7. The minimum absolute atomic E-state index is 0.0628. The standard InChI is InChI=1S/C40H36N12O6S5/c1-21(35(53)47-43-33(23-13-11-17-27(55-3)31(23)57-5)45-49-37-41-25-15-7-9-19-29(25)61-37)59-39-51-52-40(63-39)60-22(2)36(54)48-44-34(24-14-12-18-28(56-4)32(24)58-6)46-50-38-42-26-16-8-10-20-30(26)62-38/h7-22H,1-6H3,(H,47,53)(H,48,54). The molecule has 23 heteroatoms. The molecular formula is C40H36N12O6S5. The number of thiazole rings is 2. The van der Waals surface area contributed by atoms with Crippen molar-refractivity contribution < 1.29 is 28.5 Å². The van der Waals surface area contributed by atoms with Crippen molar-refractivity contribution in [2.75, 3.05) is 28.4 Å². The van der Waals surface area contributed by atoms with E-state index in [4.69, 9.17) is 18.9 Å². The molecule has 0 bridgehead atoms. The largest absolute Gasteiger partial charge is 0.493 e. The van der Waals surface area contributed by atoms with Crippen LogP contribution in [-0.2, 0) is 9.59 Å². The number of hydrogen-bond acceptors (Lipinski definition) is 19. The third-order valence-corrected chi connectivity index (χ3v) is 13.7. The Kier molecular flexibility index (Phi) is 15.0. The van der Waals surface area contributed by atoms with Gasteiger partial charge in [0, 0.05) is 0 Å². The number of fused-ring (bicyclic) bond motifs is 2. The molecule has 3 aromatic heterocycles. The number of para-hydroxylation sites is 4. The van der Waals surface area contributed by atoms with Crippen LogP contribution in [0.5, 0.6) is 23.0 Å². The van der Waals surface area contributed by atoms with Crippen molar-refractivity contribution in [3.63, 3.8) is 0 Å². The summed E-state index contributed by atoms with van der Waals surface area (Å²) in [5.74, 6) is 0.854. The first kappa shape index (κ1) is 44.6. The van der Waals surface area contributed by atoms with E-state index < -0.39 is 22.3 Å². The number of carbonyl (C=O) groups excluding carboxylic acids is 2. The number of hydrogen-bond donors (Lipinski definition) is 2. The molecule has 0 aliphatic heterocycles. The van der Waals surface area contributed by atoms with Gasteiger partial charge in [0.15, 0.2) is 31.7 Å². The summed E-state index contributed by atoms with van der Waals surface area (Å²) < 4.78 is 25.1. The van der Waals surface area contributed by atoms with E-state index in [9.17, 15) is 9.59 Å². The highest BCUT2D eigenvalue weighted by Gasteiger charge is 2.23. The van der Waals surface area contributed by atoms with Gasteiger partial charge in [0.05, 0.1) is 70.5 Å². The van der Waals surface area contributed by atoms with Crippen molar-refractivity contribution >= 4 is 112 Å². The van der Waals surface area contributed by atoms with Gasteiger partial charge in [-0.25, -0.2) is 20.8 Å². The number of hydrazone groups is 2. The molecule has 18 nitrogen and oxygen atoms in total. The van der Waals surface area contributed by atoms with Gasteiger partial charge in [0.1, 0.15) is 0 Å². The van der Waals surface area contributed by atoms with Crippen molar-refractivity contribution in [1.82, 2.24) is 31.0 Å². The Morgan fingerprint density at radius 3 is 1.40 bits per heavy atom. The lowest BCUT2D eigenvalue weighted by Crippen LogP contribution is -2.28. The lowest BCUT2D eigenvalue weighted by atomic mass is 10.1. The van der Waals surface area contributed by atoms with Crippen molar-refractivity contribution in [3.8, 4) is 23.0 Å². The number of rotatable bonds is 16. The van der Waals surface area contributed by atoms with Gasteiger partial charge in [0.25, 0.3) is 11.8 Å². The second-order valence-electron chi connectivity index (χ2n) is 12.6. The molecule has 2 N–H and O–H groups in total. The average Bonchev–Trinajstić information content (AvgIpc) is 4.06. The van der Waals surface area contributed by atoms with Crippen LogP contribution in [0.4, 0.5) is 10.3 Å². The van der Waals surface area contributed by atoms with Gasteiger partial charge < -0.3 is 18.9 Å². The maximum atomic E-state index is 13.4. The molecule has 0 saturated heterocycles. The fraction of sp³-hybridized carbons (Fsp3) is 0.200. The number of amides is 2. The molecule has 2 atom stereocenters. The van der Waals surface area contributed by atoms with Gasteiger partial charge >= 0.3 is 0 Å². The molecule has 0 fully saturated rings. The van der Waals surface area contributed by atoms with Crippen LogP contribution in [-0.4, -0.2) is 82.6 Å². The highest BCUT2D eigenvalue weighted by atomic mass is 32.2. The molecule has 7 aromatic rings. The molecular weight excluding hydrogens is 905 g/mol. The number of ether oxygens (including phenoxy) is 4. The summed E-state index contributed by atoms with van der Waals surface area (Å²) in [5.41, 5.74) is 7.63. The smallest absolute Gasteiger partial charge is 0.253 e. The minimum atomic E-state index is -0.659. The van der Waals surface area contributed by atoms with Gasteiger partial charge in [-0.15, -0.1) is 30.7 Å².